The molecule has 0 unspecified atom stereocenters. The third-order valence-electron chi connectivity index (χ3n) is 2.65. The van der Waals surface area contributed by atoms with Crippen LogP contribution in [0.25, 0.3) is 11.2 Å². The predicted molar refractivity (Wildman–Crippen MR) is 68.2 cm³/mol. The quantitative estimate of drug-likeness (QED) is 0.355. The van der Waals surface area contributed by atoms with Crippen LogP contribution in [0.4, 0.5) is 0 Å². The van der Waals surface area contributed by atoms with Gasteiger partial charge < -0.3 is 9.77 Å². The van der Waals surface area contributed by atoms with E-state index in [0.717, 1.165) is 4.57 Å². The highest BCUT2D eigenvalue weighted by molar-refractivity contribution is 9.10. The minimum atomic E-state index is -0.447. The van der Waals surface area contributed by atoms with Gasteiger partial charge in [-0.2, -0.15) is 0 Å². The molecule has 96 valence electrons. The number of aryl methyl sites for hydroxylation is 1. The Bertz CT molecular complexity index is 754. The Morgan fingerprint density at radius 1 is 1.39 bits per heavy atom. The fraction of sp³-hybridized carbons (Fsp3) is 0.333. The molecule has 8 nitrogen and oxygen atoms in total. The summed E-state index contributed by atoms with van der Waals surface area (Å²) in [6.07, 6.45) is 1.22. The molecule has 0 amide bonds. The van der Waals surface area contributed by atoms with Gasteiger partial charge in [0.05, 0.1) is 12.8 Å². The van der Waals surface area contributed by atoms with Crippen LogP contribution >= 0.6 is 15.9 Å². The molecule has 1 N–H and O–H groups in total. The van der Waals surface area contributed by atoms with Crippen molar-refractivity contribution in [1.29, 1.82) is 0 Å². The Morgan fingerprint density at radius 3 is 2.67 bits per heavy atom. The van der Waals surface area contributed by atoms with Gasteiger partial charge in [0, 0.05) is 14.1 Å². The third kappa shape index (κ3) is 1.67. The number of fused-ring (bicyclic) bond motifs is 1. The largest absolute Gasteiger partial charge is 0.411 e. The average Bonchev–Trinajstić information content (AvgIpc) is 2.68. The van der Waals surface area contributed by atoms with Gasteiger partial charge in [-0.1, -0.05) is 0 Å². The first-order valence-corrected chi connectivity index (χ1v) is 5.76. The lowest BCUT2D eigenvalue weighted by Gasteiger charge is -2.04. The van der Waals surface area contributed by atoms with Gasteiger partial charge in [-0.3, -0.25) is 13.9 Å². The molecule has 0 atom stereocenters. The van der Waals surface area contributed by atoms with Crippen LogP contribution in [0.15, 0.2) is 19.5 Å². The van der Waals surface area contributed by atoms with Gasteiger partial charge >= 0.3 is 5.69 Å². The average molecular weight is 316 g/mol. The first-order valence-electron chi connectivity index (χ1n) is 4.96. The van der Waals surface area contributed by atoms with Gasteiger partial charge in [0.25, 0.3) is 5.56 Å². The number of oxime groups is 1. The summed E-state index contributed by atoms with van der Waals surface area (Å²) in [5, 5.41) is 11.3. The summed E-state index contributed by atoms with van der Waals surface area (Å²) in [6.45, 7) is 0.168. The van der Waals surface area contributed by atoms with E-state index < -0.39 is 11.2 Å². The zero-order chi connectivity index (χ0) is 13.4. The highest BCUT2D eigenvalue weighted by Crippen LogP contribution is 2.15. The summed E-state index contributed by atoms with van der Waals surface area (Å²) in [7, 11) is 2.93. The van der Waals surface area contributed by atoms with Crippen LogP contribution in [0.1, 0.15) is 0 Å². The van der Waals surface area contributed by atoms with Gasteiger partial charge in [0.1, 0.15) is 0 Å². The molecule has 0 aliphatic carbocycles. The first kappa shape index (κ1) is 12.6. The number of halogens is 1. The molecule has 0 radical (unpaired) electrons. The molecule has 9 heteroatoms. The van der Waals surface area contributed by atoms with Crippen LogP contribution in [-0.4, -0.2) is 30.1 Å². The lowest BCUT2D eigenvalue weighted by Crippen LogP contribution is -2.37. The number of nitrogens with zero attached hydrogens (tertiary/aromatic N) is 5. The van der Waals surface area contributed by atoms with Crippen molar-refractivity contribution in [3.63, 3.8) is 0 Å². The topological polar surface area (TPSA) is 94.4 Å². The normalized spacial score (nSPS) is 11.7. The number of hydrogen-bond donors (Lipinski definition) is 1. The van der Waals surface area contributed by atoms with Crippen molar-refractivity contribution in [3.8, 4) is 0 Å². The third-order valence-corrected chi connectivity index (χ3v) is 3.25. The maximum atomic E-state index is 12.1. The molecule has 0 aliphatic rings. The number of aromatic nitrogens is 4. The Labute approximate surface area is 109 Å². The summed E-state index contributed by atoms with van der Waals surface area (Å²) in [6, 6.07) is 0. The molecule has 2 aromatic heterocycles. The van der Waals surface area contributed by atoms with E-state index in [-0.39, 0.29) is 17.7 Å². The van der Waals surface area contributed by atoms with Crippen LogP contribution in [-0.2, 0) is 20.6 Å². The molecule has 0 aromatic carbocycles. The number of hydrogen-bond acceptors (Lipinski definition) is 5. The molecular weight excluding hydrogens is 306 g/mol. The molecular formula is C9H10BrN5O3. The SMILES string of the molecule is Cn1c(=O)c2c(nc(Br)n2C/C=N/O)n(C)c1=O. The zero-order valence-corrected chi connectivity index (χ0v) is 11.2. The Hall–Kier alpha value is -1.90. The summed E-state index contributed by atoms with van der Waals surface area (Å²) in [5.41, 5.74) is -0.342. The van der Waals surface area contributed by atoms with Crippen molar-refractivity contribution in [2.45, 2.75) is 6.54 Å². The van der Waals surface area contributed by atoms with E-state index in [1.807, 2.05) is 0 Å². The van der Waals surface area contributed by atoms with Gasteiger partial charge in [-0.25, -0.2) is 9.78 Å². The Balaban J connectivity index is 2.94. The van der Waals surface area contributed by atoms with E-state index in [1.54, 1.807) is 0 Å². The van der Waals surface area contributed by atoms with E-state index >= 15 is 0 Å². The summed E-state index contributed by atoms with van der Waals surface area (Å²) in [5.74, 6) is 0. The second-order valence-electron chi connectivity index (χ2n) is 3.67. The van der Waals surface area contributed by atoms with Crippen molar-refractivity contribution < 1.29 is 5.21 Å². The highest BCUT2D eigenvalue weighted by atomic mass is 79.9. The summed E-state index contributed by atoms with van der Waals surface area (Å²) < 4.78 is 4.18. The van der Waals surface area contributed by atoms with Gasteiger partial charge in [-0.05, 0) is 15.9 Å². The summed E-state index contributed by atoms with van der Waals surface area (Å²) >= 11 is 3.20. The van der Waals surface area contributed by atoms with Crippen LogP contribution < -0.4 is 11.2 Å². The number of imidazole rings is 1. The lowest BCUT2D eigenvalue weighted by molar-refractivity contribution is 0.320. The molecule has 0 fully saturated rings. The van der Waals surface area contributed by atoms with Crippen molar-refractivity contribution >= 4 is 33.3 Å². The molecule has 18 heavy (non-hydrogen) atoms. The van der Waals surface area contributed by atoms with E-state index in [1.165, 1.54) is 29.4 Å². The minimum Gasteiger partial charge on any atom is -0.411 e. The molecule has 0 aliphatic heterocycles. The Morgan fingerprint density at radius 2 is 2.06 bits per heavy atom. The van der Waals surface area contributed by atoms with E-state index in [2.05, 4.69) is 26.1 Å². The fourth-order valence-corrected chi connectivity index (χ4v) is 2.19. The van der Waals surface area contributed by atoms with Crippen molar-refractivity contribution in [1.82, 2.24) is 18.7 Å². The van der Waals surface area contributed by atoms with Crippen molar-refractivity contribution in [3.05, 3.63) is 25.6 Å². The van der Waals surface area contributed by atoms with Crippen molar-refractivity contribution in [2.24, 2.45) is 19.3 Å². The monoisotopic (exact) mass is 315 g/mol. The van der Waals surface area contributed by atoms with Crippen LogP contribution in [0, 0.1) is 0 Å². The zero-order valence-electron chi connectivity index (χ0n) is 9.66. The standard InChI is InChI=1S/C9H10BrN5O3/c1-13-6-5(7(16)14(2)9(13)17)15(4-3-11-18)8(10)12-6/h3,18H,4H2,1-2H3/b11-3+. The van der Waals surface area contributed by atoms with Gasteiger partial charge in [-0.15, -0.1) is 5.16 Å². The second-order valence-corrected chi connectivity index (χ2v) is 4.38. The minimum absolute atomic E-state index is 0.168. The molecule has 0 saturated carbocycles. The molecule has 2 aromatic rings. The molecule has 0 bridgehead atoms. The molecule has 0 spiro atoms. The van der Waals surface area contributed by atoms with Gasteiger partial charge in [0.2, 0.25) is 0 Å². The first-order chi connectivity index (χ1) is 8.49. The maximum Gasteiger partial charge on any atom is 0.332 e. The van der Waals surface area contributed by atoms with E-state index in [4.69, 9.17) is 5.21 Å². The van der Waals surface area contributed by atoms with E-state index in [0.29, 0.717) is 4.73 Å². The van der Waals surface area contributed by atoms with Crippen molar-refractivity contribution in [2.75, 3.05) is 0 Å². The molecule has 2 rings (SSSR count). The number of rotatable bonds is 2. The maximum absolute atomic E-state index is 12.1. The van der Waals surface area contributed by atoms with Gasteiger partial charge in [0.15, 0.2) is 15.9 Å². The molecule has 0 saturated heterocycles. The lowest BCUT2D eigenvalue weighted by atomic mass is 10.5. The summed E-state index contributed by atoms with van der Waals surface area (Å²) in [4.78, 5) is 27.9. The second kappa shape index (κ2) is 4.41. The predicted octanol–water partition coefficient (Wildman–Crippen LogP) is -0.344. The highest BCUT2D eigenvalue weighted by Gasteiger charge is 2.16. The fourth-order valence-electron chi connectivity index (χ4n) is 1.70. The Kier molecular flexibility index (Phi) is 3.07. The van der Waals surface area contributed by atoms with Crippen LogP contribution in [0.5, 0.6) is 0 Å². The smallest absolute Gasteiger partial charge is 0.332 e. The van der Waals surface area contributed by atoms with Crippen LogP contribution in [0.3, 0.4) is 0 Å². The molecule has 2 heterocycles. The van der Waals surface area contributed by atoms with E-state index in [9.17, 15) is 9.59 Å². The van der Waals surface area contributed by atoms with Crippen LogP contribution in [0.2, 0.25) is 0 Å².